The summed E-state index contributed by atoms with van der Waals surface area (Å²) in [6, 6.07) is 14.6. The summed E-state index contributed by atoms with van der Waals surface area (Å²) < 4.78 is 0. The molecule has 2 aromatic rings. The summed E-state index contributed by atoms with van der Waals surface area (Å²) in [5.41, 5.74) is 8.96. The van der Waals surface area contributed by atoms with Crippen molar-refractivity contribution < 1.29 is 9.90 Å². The van der Waals surface area contributed by atoms with E-state index in [1.165, 1.54) is 4.90 Å². The molecule has 0 radical (unpaired) electrons. The summed E-state index contributed by atoms with van der Waals surface area (Å²) in [4.78, 5) is 13.8. The molecule has 1 unspecified atom stereocenters. The van der Waals surface area contributed by atoms with Gasteiger partial charge in [-0.05, 0) is 23.3 Å². The smallest absolute Gasteiger partial charge is 0.256 e. The Bertz CT molecular complexity index is 780. The standard InChI is InChI=1S/C17H15N3O2/c18-8-7-11-3-1-4-12(9-11)10-20-16(21)13-5-2-6-14(19)15(13)17(20)22/h1-6,9,17,22H,7,10,19H2. The predicted molar refractivity (Wildman–Crippen MR) is 81.4 cm³/mol. The van der Waals surface area contributed by atoms with Crippen molar-refractivity contribution in [1.82, 2.24) is 4.90 Å². The zero-order valence-corrected chi connectivity index (χ0v) is 11.9. The maximum absolute atomic E-state index is 12.4. The molecule has 0 saturated carbocycles. The molecule has 1 aliphatic heterocycles. The number of nitrogens with zero attached hydrogens (tertiary/aromatic N) is 2. The molecule has 2 aromatic carbocycles. The molecule has 0 saturated heterocycles. The van der Waals surface area contributed by atoms with Gasteiger partial charge in [-0.25, -0.2) is 0 Å². The van der Waals surface area contributed by atoms with Crippen LogP contribution in [0.15, 0.2) is 42.5 Å². The van der Waals surface area contributed by atoms with Crippen molar-refractivity contribution in [3.63, 3.8) is 0 Å². The van der Waals surface area contributed by atoms with Gasteiger partial charge in [0, 0.05) is 23.4 Å². The summed E-state index contributed by atoms with van der Waals surface area (Å²) in [5.74, 6) is -0.236. The zero-order chi connectivity index (χ0) is 15.7. The van der Waals surface area contributed by atoms with Gasteiger partial charge in [-0.2, -0.15) is 5.26 Å². The molecule has 1 aliphatic rings. The molecule has 0 fully saturated rings. The zero-order valence-electron chi connectivity index (χ0n) is 11.9. The molecule has 3 rings (SSSR count). The Hall–Kier alpha value is -2.84. The molecular formula is C17H15N3O2. The normalized spacial score (nSPS) is 16.5. The number of benzene rings is 2. The van der Waals surface area contributed by atoms with E-state index in [1.807, 2.05) is 24.3 Å². The topological polar surface area (TPSA) is 90.4 Å². The number of carbonyl (C=O) groups is 1. The quantitative estimate of drug-likeness (QED) is 0.847. The fraction of sp³-hybridized carbons (Fsp3) is 0.176. The van der Waals surface area contributed by atoms with Crippen molar-refractivity contribution in [3.8, 4) is 6.07 Å². The number of aliphatic hydroxyl groups is 1. The Morgan fingerprint density at radius 2 is 1.95 bits per heavy atom. The van der Waals surface area contributed by atoms with Crippen LogP contribution in [0.25, 0.3) is 0 Å². The monoisotopic (exact) mass is 293 g/mol. The van der Waals surface area contributed by atoms with E-state index in [0.29, 0.717) is 23.2 Å². The molecule has 1 heterocycles. The molecule has 0 aromatic heterocycles. The number of carbonyl (C=O) groups excluding carboxylic acids is 1. The highest BCUT2D eigenvalue weighted by Crippen LogP contribution is 2.36. The van der Waals surface area contributed by atoms with Crippen molar-refractivity contribution in [2.75, 3.05) is 5.73 Å². The van der Waals surface area contributed by atoms with Crippen LogP contribution in [-0.2, 0) is 13.0 Å². The summed E-state index contributed by atoms with van der Waals surface area (Å²) in [5, 5.41) is 19.2. The first-order valence-electron chi connectivity index (χ1n) is 6.94. The number of nitriles is 1. The van der Waals surface area contributed by atoms with Gasteiger partial charge in [0.2, 0.25) is 0 Å². The summed E-state index contributed by atoms with van der Waals surface area (Å²) >= 11 is 0. The van der Waals surface area contributed by atoms with Crippen LogP contribution in [0, 0.1) is 11.3 Å². The Morgan fingerprint density at radius 1 is 1.23 bits per heavy atom. The lowest BCUT2D eigenvalue weighted by Gasteiger charge is -2.21. The minimum absolute atomic E-state index is 0.236. The highest BCUT2D eigenvalue weighted by molar-refractivity contribution is 6.00. The lowest BCUT2D eigenvalue weighted by molar-refractivity contribution is 0.0140. The number of nitrogens with two attached hydrogens (primary N) is 1. The number of amides is 1. The maximum Gasteiger partial charge on any atom is 0.256 e. The fourth-order valence-corrected chi connectivity index (χ4v) is 2.76. The van der Waals surface area contributed by atoms with Crippen LogP contribution in [-0.4, -0.2) is 15.9 Å². The van der Waals surface area contributed by atoms with E-state index in [0.717, 1.165) is 11.1 Å². The number of fused-ring (bicyclic) bond motifs is 1. The van der Waals surface area contributed by atoms with E-state index in [4.69, 9.17) is 11.0 Å². The van der Waals surface area contributed by atoms with E-state index >= 15 is 0 Å². The van der Waals surface area contributed by atoms with E-state index < -0.39 is 6.23 Å². The van der Waals surface area contributed by atoms with Crippen LogP contribution in [0.3, 0.4) is 0 Å². The van der Waals surface area contributed by atoms with E-state index in [-0.39, 0.29) is 12.5 Å². The molecule has 1 atom stereocenters. The SMILES string of the molecule is N#CCc1cccc(CN2C(=O)c3cccc(N)c3C2O)c1. The first-order valence-corrected chi connectivity index (χ1v) is 6.94. The van der Waals surface area contributed by atoms with Gasteiger partial charge in [-0.3, -0.25) is 4.79 Å². The predicted octanol–water partition coefficient (Wildman–Crippen LogP) is 1.98. The van der Waals surface area contributed by atoms with E-state index in [9.17, 15) is 9.90 Å². The van der Waals surface area contributed by atoms with Gasteiger partial charge in [-0.15, -0.1) is 0 Å². The number of anilines is 1. The fourth-order valence-electron chi connectivity index (χ4n) is 2.76. The molecule has 0 aliphatic carbocycles. The van der Waals surface area contributed by atoms with Gasteiger partial charge >= 0.3 is 0 Å². The Morgan fingerprint density at radius 3 is 2.68 bits per heavy atom. The second-order valence-corrected chi connectivity index (χ2v) is 5.27. The van der Waals surface area contributed by atoms with Gasteiger partial charge in [0.05, 0.1) is 12.5 Å². The van der Waals surface area contributed by atoms with Crippen LogP contribution in [0.1, 0.15) is 33.3 Å². The Balaban J connectivity index is 1.89. The Labute approximate surface area is 128 Å². The number of nitrogen functional groups attached to an aromatic ring is 1. The van der Waals surface area contributed by atoms with Gasteiger partial charge in [-0.1, -0.05) is 30.3 Å². The van der Waals surface area contributed by atoms with Crippen molar-refractivity contribution >= 4 is 11.6 Å². The third kappa shape index (κ3) is 2.30. The highest BCUT2D eigenvalue weighted by atomic mass is 16.3. The minimum atomic E-state index is -1.04. The third-order valence-corrected chi connectivity index (χ3v) is 3.81. The molecular weight excluding hydrogens is 278 g/mol. The van der Waals surface area contributed by atoms with Crippen LogP contribution in [0.5, 0.6) is 0 Å². The van der Waals surface area contributed by atoms with Crippen LogP contribution < -0.4 is 5.73 Å². The maximum atomic E-state index is 12.4. The van der Waals surface area contributed by atoms with E-state index in [1.54, 1.807) is 18.2 Å². The summed E-state index contributed by atoms with van der Waals surface area (Å²) in [7, 11) is 0. The first-order chi connectivity index (χ1) is 10.6. The average Bonchev–Trinajstić information content (AvgIpc) is 2.74. The number of hydrogen-bond acceptors (Lipinski definition) is 4. The highest BCUT2D eigenvalue weighted by Gasteiger charge is 2.36. The molecule has 3 N–H and O–H groups in total. The molecule has 22 heavy (non-hydrogen) atoms. The average molecular weight is 293 g/mol. The molecule has 5 nitrogen and oxygen atoms in total. The molecule has 0 spiro atoms. The van der Waals surface area contributed by atoms with Crippen LogP contribution >= 0.6 is 0 Å². The Kier molecular flexibility index (Phi) is 3.53. The summed E-state index contributed by atoms with van der Waals surface area (Å²) in [6.07, 6.45) is -0.722. The second kappa shape index (κ2) is 5.51. The van der Waals surface area contributed by atoms with Gasteiger partial charge in [0.1, 0.15) is 0 Å². The minimum Gasteiger partial charge on any atom is -0.398 e. The summed E-state index contributed by atoms with van der Waals surface area (Å²) in [6.45, 7) is 0.271. The lowest BCUT2D eigenvalue weighted by Crippen LogP contribution is -2.27. The van der Waals surface area contributed by atoms with Crippen molar-refractivity contribution in [2.45, 2.75) is 19.2 Å². The van der Waals surface area contributed by atoms with Gasteiger partial charge < -0.3 is 15.7 Å². The van der Waals surface area contributed by atoms with E-state index in [2.05, 4.69) is 6.07 Å². The molecule has 1 amide bonds. The lowest BCUT2D eigenvalue weighted by atomic mass is 10.1. The van der Waals surface area contributed by atoms with Crippen molar-refractivity contribution in [1.29, 1.82) is 5.26 Å². The molecule has 110 valence electrons. The third-order valence-electron chi connectivity index (χ3n) is 3.81. The largest absolute Gasteiger partial charge is 0.398 e. The van der Waals surface area contributed by atoms with Crippen molar-refractivity contribution in [2.24, 2.45) is 0 Å². The van der Waals surface area contributed by atoms with Crippen LogP contribution in [0.2, 0.25) is 0 Å². The number of aliphatic hydroxyl groups excluding tert-OH is 1. The number of hydrogen-bond donors (Lipinski definition) is 2. The molecule has 5 heteroatoms. The first kappa shape index (κ1) is 14.1. The second-order valence-electron chi connectivity index (χ2n) is 5.27. The van der Waals surface area contributed by atoms with Gasteiger partial charge in [0.15, 0.2) is 6.23 Å². The van der Waals surface area contributed by atoms with Gasteiger partial charge in [0.25, 0.3) is 5.91 Å². The molecule has 0 bridgehead atoms. The van der Waals surface area contributed by atoms with Crippen LogP contribution in [0.4, 0.5) is 5.69 Å². The number of rotatable bonds is 3. The van der Waals surface area contributed by atoms with Crippen molar-refractivity contribution in [3.05, 3.63) is 64.7 Å².